The highest BCUT2D eigenvalue weighted by atomic mass is 32.1. The Kier molecular flexibility index (Phi) is 5.13. The number of pyridine rings is 1. The van der Waals surface area contributed by atoms with Crippen LogP contribution >= 0.6 is 12.2 Å². The van der Waals surface area contributed by atoms with Gasteiger partial charge in [-0.1, -0.05) is 6.57 Å². The van der Waals surface area contributed by atoms with Gasteiger partial charge in [0.25, 0.3) is 17.6 Å². The summed E-state index contributed by atoms with van der Waals surface area (Å²) in [5.74, 6) is -0.829. The van der Waals surface area contributed by atoms with Gasteiger partial charge < -0.3 is 14.6 Å². The van der Waals surface area contributed by atoms with Crippen molar-refractivity contribution in [3.63, 3.8) is 0 Å². The monoisotopic (exact) mass is 463 g/mol. The Labute approximate surface area is 196 Å². The van der Waals surface area contributed by atoms with Crippen LogP contribution in [0, 0.1) is 19.3 Å². The second-order valence-corrected chi connectivity index (χ2v) is 9.12. The molecule has 3 heterocycles. The first kappa shape index (κ1) is 21.5. The Morgan fingerprint density at radius 1 is 1.18 bits per heavy atom. The highest BCUT2D eigenvalue weighted by Crippen LogP contribution is 2.48. The molecule has 2 saturated heterocycles. The molecule has 2 amide bonds. The number of aryl methyl sites for hydroxylation is 1. The third kappa shape index (κ3) is 3.20. The zero-order chi connectivity index (χ0) is 23.3. The summed E-state index contributed by atoms with van der Waals surface area (Å²) in [4.78, 5) is 38.6. The van der Waals surface area contributed by atoms with Gasteiger partial charge in [0.2, 0.25) is 0 Å². The molecule has 1 spiro atoms. The van der Waals surface area contributed by atoms with Crippen LogP contribution in [-0.4, -0.2) is 45.4 Å². The van der Waals surface area contributed by atoms with E-state index in [4.69, 9.17) is 18.8 Å². The second kappa shape index (κ2) is 7.89. The molecule has 1 saturated carbocycles. The smallest absolute Gasteiger partial charge is 0.272 e. The van der Waals surface area contributed by atoms with Crippen LogP contribution in [0.3, 0.4) is 0 Å². The van der Waals surface area contributed by atoms with Gasteiger partial charge in [-0.3, -0.25) is 14.5 Å². The Balaban J connectivity index is 1.51. The number of aromatic nitrogens is 1. The number of hydrogen-bond donors (Lipinski definition) is 0. The lowest BCUT2D eigenvalue weighted by Crippen LogP contribution is -2.55. The first-order valence-electron chi connectivity index (χ1n) is 11.0. The normalized spacial score (nSPS) is 19.2. The fourth-order valence-electron chi connectivity index (χ4n) is 4.91. The number of halogens is 1. The Bertz CT molecular complexity index is 1230. The first-order chi connectivity index (χ1) is 15.9. The van der Waals surface area contributed by atoms with Gasteiger partial charge in [-0.2, -0.15) is 0 Å². The third-order valence-electron chi connectivity index (χ3n) is 6.83. The third-order valence-corrected chi connectivity index (χ3v) is 7.19. The van der Waals surface area contributed by atoms with Crippen LogP contribution < -0.4 is 9.80 Å². The summed E-state index contributed by atoms with van der Waals surface area (Å²) < 4.78 is 15.1. The van der Waals surface area contributed by atoms with Crippen molar-refractivity contribution in [3.05, 3.63) is 58.8 Å². The molecule has 3 fully saturated rings. The highest BCUT2D eigenvalue weighted by molar-refractivity contribution is 7.81. The number of carbonyl (C=O) groups excluding carboxylic acids is 2. The van der Waals surface area contributed by atoms with Crippen LogP contribution in [0.4, 0.5) is 21.6 Å². The van der Waals surface area contributed by atoms with Gasteiger partial charge in [0, 0.05) is 18.8 Å². The summed E-state index contributed by atoms with van der Waals surface area (Å²) >= 11 is 5.72. The van der Waals surface area contributed by atoms with E-state index in [0.29, 0.717) is 42.9 Å². The lowest BCUT2D eigenvalue weighted by Gasteiger charge is -2.43. The molecule has 0 bridgehead atoms. The molecule has 1 aromatic heterocycles. The number of benzene rings is 1. The maximum Gasteiger partial charge on any atom is 0.272 e. The van der Waals surface area contributed by atoms with E-state index >= 15 is 4.39 Å². The van der Waals surface area contributed by atoms with Crippen molar-refractivity contribution < 1.29 is 14.0 Å². The number of nitrogens with zero attached hydrogens (tertiary/aromatic N) is 5. The van der Waals surface area contributed by atoms with Crippen LogP contribution in [-0.2, 0) is 4.79 Å². The average molecular weight is 464 g/mol. The van der Waals surface area contributed by atoms with E-state index in [1.807, 2.05) is 0 Å². The zero-order valence-electron chi connectivity index (χ0n) is 18.2. The number of rotatable bonds is 3. The van der Waals surface area contributed by atoms with Gasteiger partial charge in [0.1, 0.15) is 17.6 Å². The number of amides is 2. The standard InChI is InChI=1S/C24H22FN5O2S/c1-15-12-17(14-27-20(15)26-2)29-22(32)24(8-5-9-24)30(23(29)33)16-6-7-18(19(25)13-16)21(31)28-10-3-4-11-28/h6-7,12-14H,3-5,8-11H2,1H3. The minimum Gasteiger partial charge on any atom is -0.360 e. The molecule has 33 heavy (non-hydrogen) atoms. The van der Waals surface area contributed by atoms with Crippen LogP contribution in [0.1, 0.15) is 48.0 Å². The van der Waals surface area contributed by atoms with Crippen molar-refractivity contribution in [1.82, 2.24) is 9.88 Å². The van der Waals surface area contributed by atoms with Gasteiger partial charge in [0.05, 0.1) is 11.3 Å². The number of thiocarbonyl (C=S) groups is 1. The van der Waals surface area contributed by atoms with Crippen LogP contribution in [0.2, 0.25) is 0 Å². The fourth-order valence-corrected chi connectivity index (χ4v) is 5.38. The van der Waals surface area contributed by atoms with Crippen molar-refractivity contribution in [2.24, 2.45) is 0 Å². The van der Waals surface area contributed by atoms with E-state index < -0.39 is 11.4 Å². The zero-order valence-corrected chi connectivity index (χ0v) is 19.0. The minimum absolute atomic E-state index is 0.0335. The summed E-state index contributed by atoms with van der Waals surface area (Å²) in [6.45, 7) is 10.2. The van der Waals surface area contributed by atoms with E-state index in [1.54, 1.807) is 28.9 Å². The maximum atomic E-state index is 15.1. The molecule has 5 rings (SSSR count). The molecule has 7 nitrogen and oxygen atoms in total. The summed E-state index contributed by atoms with van der Waals surface area (Å²) in [6, 6.07) is 6.18. The molecule has 0 unspecified atom stereocenters. The molecule has 1 aromatic carbocycles. The van der Waals surface area contributed by atoms with Crippen molar-refractivity contribution >= 4 is 46.3 Å². The highest BCUT2D eigenvalue weighted by Gasteiger charge is 2.59. The van der Waals surface area contributed by atoms with E-state index in [-0.39, 0.29) is 28.3 Å². The SMILES string of the molecule is [C-]#[N+]c1ncc(N2C(=O)C3(CCC3)N(c3ccc(C(=O)N4CCCC4)c(F)c3)C2=S)cc1C. The summed E-state index contributed by atoms with van der Waals surface area (Å²) in [6.07, 6.45) is 5.40. The molecule has 2 aliphatic heterocycles. The van der Waals surface area contributed by atoms with Crippen molar-refractivity contribution in [3.8, 4) is 0 Å². The van der Waals surface area contributed by atoms with Gasteiger partial charge in [-0.15, -0.1) is 4.98 Å². The Morgan fingerprint density at radius 2 is 1.91 bits per heavy atom. The van der Waals surface area contributed by atoms with E-state index in [2.05, 4.69) is 9.83 Å². The predicted octanol–water partition coefficient (Wildman–Crippen LogP) is 4.38. The average Bonchev–Trinajstić information content (AvgIpc) is 3.38. The number of anilines is 2. The molecule has 0 radical (unpaired) electrons. The van der Waals surface area contributed by atoms with Gasteiger partial charge in [0.15, 0.2) is 5.11 Å². The predicted molar refractivity (Wildman–Crippen MR) is 126 cm³/mol. The van der Waals surface area contributed by atoms with Gasteiger partial charge in [-0.25, -0.2) is 4.39 Å². The van der Waals surface area contributed by atoms with Crippen LogP contribution in [0.5, 0.6) is 0 Å². The van der Waals surface area contributed by atoms with Crippen molar-refractivity contribution in [1.29, 1.82) is 0 Å². The van der Waals surface area contributed by atoms with Crippen molar-refractivity contribution in [2.75, 3.05) is 22.9 Å². The number of likely N-dealkylation sites (tertiary alicyclic amines) is 1. The minimum atomic E-state index is -0.865. The van der Waals surface area contributed by atoms with Crippen molar-refractivity contribution in [2.45, 2.75) is 44.6 Å². The van der Waals surface area contributed by atoms with Gasteiger partial charge in [-0.05, 0) is 81.1 Å². The number of carbonyl (C=O) groups is 2. The van der Waals surface area contributed by atoms with Gasteiger partial charge >= 0.3 is 0 Å². The Morgan fingerprint density at radius 3 is 2.48 bits per heavy atom. The molecule has 0 N–H and O–H groups in total. The fraction of sp³-hybridized carbons (Fsp3) is 0.375. The summed E-state index contributed by atoms with van der Waals surface area (Å²) in [7, 11) is 0. The molecule has 9 heteroatoms. The van der Waals surface area contributed by atoms with E-state index in [0.717, 1.165) is 19.3 Å². The van der Waals surface area contributed by atoms with E-state index in [1.165, 1.54) is 23.2 Å². The Hall–Kier alpha value is -3.38. The molecule has 3 aliphatic rings. The molecule has 0 atom stereocenters. The van der Waals surface area contributed by atoms with Crippen LogP contribution in [0.25, 0.3) is 4.85 Å². The largest absolute Gasteiger partial charge is 0.360 e. The van der Waals surface area contributed by atoms with E-state index in [9.17, 15) is 9.59 Å². The number of hydrogen-bond acceptors (Lipinski definition) is 4. The molecular formula is C24H22FN5O2S. The topological polar surface area (TPSA) is 61.1 Å². The lowest BCUT2D eigenvalue weighted by molar-refractivity contribution is -0.123. The first-order valence-corrected chi connectivity index (χ1v) is 11.4. The quantitative estimate of drug-likeness (QED) is 0.500. The second-order valence-electron chi connectivity index (χ2n) is 8.75. The lowest BCUT2D eigenvalue weighted by atomic mass is 9.75. The summed E-state index contributed by atoms with van der Waals surface area (Å²) in [5, 5.41) is 0.245. The molecule has 2 aromatic rings. The molecule has 1 aliphatic carbocycles. The molecule has 168 valence electrons. The van der Waals surface area contributed by atoms with Crippen LogP contribution in [0.15, 0.2) is 30.5 Å². The molecular weight excluding hydrogens is 441 g/mol. The summed E-state index contributed by atoms with van der Waals surface area (Å²) in [5.41, 5.74) is 0.760. The maximum absolute atomic E-state index is 15.1.